The molecule has 0 aliphatic carbocycles. The predicted molar refractivity (Wildman–Crippen MR) is 81.8 cm³/mol. The third-order valence-corrected chi connectivity index (χ3v) is 4.77. The largest absolute Gasteiger partial charge is 0.464 e. The number of ether oxygens (including phenoxy) is 1. The van der Waals surface area contributed by atoms with Crippen molar-refractivity contribution in [3.05, 3.63) is 52.2 Å². The highest BCUT2D eigenvalue weighted by atomic mass is 32.1. The molecule has 2 aromatic rings. The van der Waals surface area contributed by atoms with Crippen molar-refractivity contribution >= 4 is 28.8 Å². The summed E-state index contributed by atoms with van der Waals surface area (Å²) in [6.07, 6.45) is 0. The summed E-state index contributed by atoms with van der Waals surface area (Å²) in [6.45, 7) is 1.98. The second kappa shape index (κ2) is 5.00. The fourth-order valence-electron chi connectivity index (χ4n) is 2.81. The molecule has 1 atom stereocenters. The quantitative estimate of drug-likeness (QED) is 0.646. The van der Waals surface area contributed by atoms with Gasteiger partial charge in [-0.05, 0) is 30.5 Å². The lowest BCUT2D eigenvalue weighted by Gasteiger charge is -2.32. The zero-order valence-corrected chi connectivity index (χ0v) is 12.6. The van der Waals surface area contributed by atoms with Crippen molar-refractivity contribution < 1.29 is 14.3 Å². The normalized spacial score (nSPS) is 20.5. The van der Waals surface area contributed by atoms with E-state index in [0.29, 0.717) is 10.4 Å². The monoisotopic (exact) mass is 301 g/mol. The van der Waals surface area contributed by atoms with Gasteiger partial charge < -0.3 is 9.64 Å². The summed E-state index contributed by atoms with van der Waals surface area (Å²) in [6, 6.07) is 10.9. The van der Waals surface area contributed by atoms with Crippen molar-refractivity contribution in [3.8, 4) is 0 Å². The molecule has 1 aliphatic heterocycles. The van der Waals surface area contributed by atoms with Crippen molar-refractivity contribution in [1.82, 2.24) is 0 Å². The zero-order chi connectivity index (χ0) is 15.0. The van der Waals surface area contributed by atoms with Crippen LogP contribution in [-0.2, 0) is 15.1 Å². The highest BCUT2D eigenvalue weighted by Crippen LogP contribution is 2.46. The highest BCUT2D eigenvalue weighted by molar-refractivity contribution is 7.10. The number of benzene rings is 1. The van der Waals surface area contributed by atoms with Gasteiger partial charge in [0.15, 0.2) is 0 Å². The van der Waals surface area contributed by atoms with Crippen LogP contribution in [-0.4, -0.2) is 25.4 Å². The number of carbonyl (C=O) groups excluding carboxylic acids is 2. The number of anilines is 1. The average Bonchev–Trinajstić information content (AvgIpc) is 3.08. The third-order valence-electron chi connectivity index (χ3n) is 3.79. The van der Waals surface area contributed by atoms with Crippen molar-refractivity contribution in [3.63, 3.8) is 0 Å². The number of esters is 1. The number of hydrogen-bond donors (Lipinski definition) is 0. The molecule has 0 saturated heterocycles. The van der Waals surface area contributed by atoms with Gasteiger partial charge in [-0.3, -0.25) is 4.79 Å². The van der Waals surface area contributed by atoms with Crippen LogP contribution in [0.3, 0.4) is 0 Å². The fourth-order valence-corrected chi connectivity index (χ4v) is 3.76. The van der Waals surface area contributed by atoms with Gasteiger partial charge in [0.05, 0.1) is 6.61 Å². The Morgan fingerprint density at radius 3 is 2.67 bits per heavy atom. The Balaban J connectivity index is 2.24. The molecule has 2 heterocycles. The summed E-state index contributed by atoms with van der Waals surface area (Å²) in [7, 11) is 1.76. The fraction of sp³-hybridized carbons (Fsp3) is 0.250. The second-order valence-electron chi connectivity index (χ2n) is 4.81. The molecule has 0 radical (unpaired) electrons. The van der Waals surface area contributed by atoms with E-state index >= 15 is 0 Å². The summed E-state index contributed by atoms with van der Waals surface area (Å²) in [5.41, 5.74) is -0.0844. The van der Waals surface area contributed by atoms with Gasteiger partial charge in [-0.15, -0.1) is 11.3 Å². The smallest absolute Gasteiger partial charge is 0.345 e. The van der Waals surface area contributed by atoms with E-state index in [0.717, 1.165) is 5.69 Å². The molecule has 0 amide bonds. The molecule has 1 aromatic carbocycles. The van der Waals surface area contributed by atoms with Crippen molar-refractivity contribution in [2.24, 2.45) is 0 Å². The Morgan fingerprint density at radius 1 is 1.29 bits per heavy atom. The van der Waals surface area contributed by atoms with Gasteiger partial charge in [0, 0.05) is 23.2 Å². The molecule has 3 rings (SSSR count). The maximum absolute atomic E-state index is 13.0. The van der Waals surface area contributed by atoms with Crippen LogP contribution in [0.4, 0.5) is 5.69 Å². The van der Waals surface area contributed by atoms with E-state index in [1.54, 1.807) is 31.0 Å². The summed E-state index contributed by atoms with van der Waals surface area (Å²) >= 11 is 1.39. The summed E-state index contributed by atoms with van der Waals surface area (Å²) in [5, 5.41) is 1.86. The number of likely N-dealkylation sites (N-methyl/N-ethyl adjacent to an activating group) is 1. The van der Waals surface area contributed by atoms with Gasteiger partial charge in [0.25, 0.3) is 0 Å². The van der Waals surface area contributed by atoms with E-state index in [9.17, 15) is 9.59 Å². The number of rotatable bonds is 3. The van der Waals surface area contributed by atoms with Gasteiger partial charge in [0.2, 0.25) is 11.3 Å². The molecule has 5 heteroatoms. The molecule has 108 valence electrons. The Morgan fingerprint density at radius 2 is 2.05 bits per heavy atom. The summed E-state index contributed by atoms with van der Waals surface area (Å²) in [5.74, 6) is -0.738. The number of thiophene rings is 1. The van der Waals surface area contributed by atoms with Gasteiger partial charge in [0.1, 0.15) is 0 Å². The van der Waals surface area contributed by atoms with Crippen LogP contribution in [0.15, 0.2) is 41.8 Å². The lowest BCUT2D eigenvalue weighted by molar-refractivity contribution is -0.147. The van der Waals surface area contributed by atoms with Crippen LogP contribution in [0.2, 0.25) is 0 Å². The minimum Gasteiger partial charge on any atom is -0.464 e. The standard InChI is InChI=1S/C16H15NO3S/c1-3-20-15(19)16(13-9-6-10-21-13)14(18)11-7-4-5-8-12(11)17(16)2/h4-10H,3H2,1-2H3/t16-/m1/s1. The third kappa shape index (κ3) is 1.74. The number of carbonyl (C=O) groups is 2. The molecule has 0 bridgehead atoms. The summed E-state index contributed by atoms with van der Waals surface area (Å²) in [4.78, 5) is 28.1. The molecule has 1 aromatic heterocycles. The first-order valence-electron chi connectivity index (χ1n) is 6.73. The lowest BCUT2D eigenvalue weighted by atomic mass is 9.91. The molecule has 1 aliphatic rings. The molecule has 4 nitrogen and oxygen atoms in total. The number of nitrogens with zero attached hydrogens (tertiary/aromatic N) is 1. The van der Waals surface area contributed by atoms with Crippen LogP contribution >= 0.6 is 11.3 Å². The SMILES string of the molecule is CCOC(=O)[C@@]1(c2cccs2)C(=O)c2ccccc2N1C. The first-order valence-corrected chi connectivity index (χ1v) is 7.60. The number of Topliss-reactive ketones (excluding diaryl/α,β-unsaturated/α-hetero) is 1. The molecular formula is C16H15NO3S. The van der Waals surface area contributed by atoms with Crippen LogP contribution in [0.25, 0.3) is 0 Å². The van der Waals surface area contributed by atoms with Crippen molar-refractivity contribution in [2.45, 2.75) is 12.5 Å². The Hall–Kier alpha value is -2.14. The van der Waals surface area contributed by atoms with Crippen molar-refractivity contribution in [2.75, 3.05) is 18.6 Å². The van der Waals surface area contributed by atoms with Crippen LogP contribution in [0, 0.1) is 0 Å². The first-order chi connectivity index (χ1) is 10.1. The van der Waals surface area contributed by atoms with Gasteiger partial charge in [-0.1, -0.05) is 18.2 Å². The molecule has 0 saturated carbocycles. The lowest BCUT2D eigenvalue weighted by Crippen LogP contribution is -2.52. The topological polar surface area (TPSA) is 46.6 Å². The molecule has 0 spiro atoms. The Labute approximate surface area is 127 Å². The van der Waals surface area contributed by atoms with E-state index in [1.807, 2.05) is 29.6 Å². The Kier molecular flexibility index (Phi) is 3.29. The molecule has 0 fully saturated rings. The van der Waals surface area contributed by atoms with Crippen LogP contribution in [0.5, 0.6) is 0 Å². The highest BCUT2D eigenvalue weighted by Gasteiger charge is 2.58. The molecule has 0 N–H and O–H groups in total. The average molecular weight is 301 g/mol. The van der Waals surface area contributed by atoms with E-state index in [4.69, 9.17) is 4.74 Å². The zero-order valence-electron chi connectivity index (χ0n) is 11.8. The van der Waals surface area contributed by atoms with Crippen LogP contribution in [0.1, 0.15) is 22.2 Å². The van der Waals surface area contributed by atoms with Gasteiger partial charge in [-0.2, -0.15) is 0 Å². The molecule has 0 unspecified atom stereocenters. The number of hydrogen-bond acceptors (Lipinski definition) is 5. The Bertz CT molecular complexity index is 695. The van der Waals surface area contributed by atoms with Gasteiger partial charge >= 0.3 is 5.97 Å². The maximum Gasteiger partial charge on any atom is 0.345 e. The van der Waals surface area contributed by atoms with E-state index in [2.05, 4.69) is 0 Å². The minimum atomic E-state index is -1.39. The maximum atomic E-state index is 13.0. The predicted octanol–water partition coefficient (Wildman–Crippen LogP) is 2.84. The van der Waals surface area contributed by atoms with Crippen molar-refractivity contribution in [1.29, 1.82) is 0 Å². The van der Waals surface area contributed by atoms with E-state index < -0.39 is 11.5 Å². The van der Waals surface area contributed by atoms with Gasteiger partial charge in [-0.25, -0.2) is 4.79 Å². The molecular weight excluding hydrogens is 286 g/mol. The number of para-hydroxylation sites is 1. The molecule has 21 heavy (non-hydrogen) atoms. The van der Waals surface area contributed by atoms with Crippen LogP contribution < -0.4 is 4.90 Å². The summed E-state index contributed by atoms with van der Waals surface area (Å²) < 4.78 is 5.23. The number of ketones is 1. The second-order valence-corrected chi connectivity index (χ2v) is 5.76. The number of fused-ring (bicyclic) bond motifs is 1. The first kappa shape index (κ1) is 13.8. The minimum absolute atomic E-state index is 0.221. The van der Waals surface area contributed by atoms with E-state index in [-0.39, 0.29) is 12.4 Å². The van der Waals surface area contributed by atoms with E-state index in [1.165, 1.54) is 11.3 Å².